The van der Waals surface area contributed by atoms with E-state index in [1.165, 1.54) is 23.8 Å². The van der Waals surface area contributed by atoms with Gasteiger partial charge in [0, 0.05) is 11.9 Å². The Kier molecular flexibility index (Phi) is 3.16. The maximum absolute atomic E-state index is 12.5. The number of ether oxygens (including phenoxy) is 1. The van der Waals surface area contributed by atoms with Gasteiger partial charge in [-0.15, -0.1) is 11.8 Å². The Hall–Kier alpha value is -0.573. The molecule has 0 spiro atoms. The number of methoxy groups -OCH3 is 1. The number of carbonyl (C=O) groups is 2. The normalized spacial score (nSPS) is 39.5. The van der Waals surface area contributed by atoms with E-state index in [2.05, 4.69) is 0 Å². The van der Waals surface area contributed by atoms with Crippen molar-refractivity contribution < 1.29 is 19.4 Å². The largest absolute Gasteiger partial charge is 0.480 e. The zero-order valence-electron chi connectivity index (χ0n) is 12.7. The second-order valence-electron chi connectivity index (χ2n) is 6.92. The van der Waals surface area contributed by atoms with Gasteiger partial charge in [-0.3, -0.25) is 10.5 Å². The van der Waals surface area contributed by atoms with Gasteiger partial charge in [0.05, 0.1) is 8.07 Å². The van der Waals surface area contributed by atoms with Crippen molar-refractivity contribution in [3.63, 3.8) is 0 Å². The van der Waals surface area contributed by atoms with Crippen molar-refractivity contribution in [2.45, 2.75) is 54.5 Å². The molecule has 0 aromatic heterocycles. The molecule has 2 saturated heterocycles. The fraction of sp³-hybridized carbons (Fsp3) is 0.833. The standard InChI is InChI=1S/C12H22N2O4SSi/c1-10(2)12(9(16)17,20(4,5)6)14-7(15)11(13,18-3)8(14)19-10/h8H,13H2,1-6H3,(H,16,17)/t8-,11-,12-/m1/s1. The molecule has 2 rings (SSSR count). The van der Waals surface area contributed by atoms with Crippen LogP contribution in [0, 0.1) is 0 Å². The summed E-state index contributed by atoms with van der Waals surface area (Å²) >= 11 is 1.42. The van der Waals surface area contributed by atoms with Gasteiger partial charge in [0.2, 0.25) is 5.72 Å². The third kappa shape index (κ3) is 1.43. The third-order valence-electron chi connectivity index (χ3n) is 4.53. The first-order chi connectivity index (χ1) is 8.88. The minimum Gasteiger partial charge on any atom is -0.480 e. The molecule has 0 bridgehead atoms. The molecule has 114 valence electrons. The first-order valence-electron chi connectivity index (χ1n) is 6.47. The number of amides is 1. The second kappa shape index (κ2) is 4.00. The van der Waals surface area contributed by atoms with Crippen LogP contribution in [0.2, 0.25) is 19.6 Å². The molecule has 20 heavy (non-hydrogen) atoms. The lowest BCUT2D eigenvalue weighted by Gasteiger charge is -2.57. The van der Waals surface area contributed by atoms with E-state index < -0.39 is 41.0 Å². The number of nitrogens with zero attached hydrogens (tertiary/aromatic N) is 1. The van der Waals surface area contributed by atoms with Crippen LogP contribution in [0.15, 0.2) is 0 Å². The summed E-state index contributed by atoms with van der Waals surface area (Å²) in [4.78, 5) is 26.1. The van der Waals surface area contributed by atoms with E-state index in [4.69, 9.17) is 10.5 Å². The van der Waals surface area contributed by atoms with Gasteiger partial charge in [0.15, 0.2) is 0 Å². The SMILES string of the molecule is CO[C@]1(N)C(=O)N2[C@@H]1SC(C)(C)[C@@]2(C(=O)O)[Si](C)(C)C. The molecule has 0 aromatic rings. The Morgan fingerprint density at radius 1 is 1.45 bits per heavy atom. The molecular weight excluding hydrogens is 296 g/mol. The summed E-state index contributed by atoms with van der Waals surface area (Å²) in [6.07, 6.45) is 0. The fourth-order valence-electron chi connectivity index (χ4n) is 3.78. The lowest BCUT2D eigenvalue weighted by Crippen LogP contribution is -2.85. The van der Waals surface area contributed by atoms with Crippen molar-refractivity contribution in [2.24, 2.45) is 5.73 Å². The Bertz CT molecular complexity index is 492. The third-order valence-corrected chi connectivity index (χ3v) is 9.63. The summed E-state index contributed by atoms with van der Waals surface area (Å²) in [5.41, 5.74) is 4.60. The average Bonchev–Trinajstić information content (AvgIpc) is 2.54. The monoisotopic (exact) mass is 318 g/mol. The topological polar surface area (TPSA) is 92.9 Å². The van der Waals surface area contributed by atoms with Crippen molar-refractivity contribution in [2.75, 3.05) is 7.11 Å². The van der Waals surface area contributed by atoms with Crippen LogP contribution in [-0.4, -0.2) is 58.1 Å². The zero-order chi connectivity index (χ0) is 15.7. The highest BCUT2D eigenvalue weighted by Gasteiger charge is 2.80. The molecule has 2 fully saturated rings. The Labute approximate surface area is 124 Å². The highest BCUT2D eigenvalue weighted by atomic mass is 32.2. The molecule has 2 heterocycles. The van der Waals surface area contributed by atoms with Crippen LogP contribution in [0.25, 0.3) is 0 Å². The number of carbonyl (C=O) groups excluding carboxylic acids is 1. The first kappa shape index (κ1) is 15.8. The minimum atomic E-state index is -2.27. The number of thioether (sulfide) groups is 1. The van der Waals surface area contributed by atoms with Gasteiger partial charge < -0.3 is 14.7 Å². The highest BCUT2D eigenvalue weighted by molar-refractivity contribution is 8.02. The predicted molar refractivity (Wildman–Crippen MR) is 79.9 cm³/mol. The molecule has 0 saturated carbocycles. The molecule has 1 amide bonds. The van der Waals surface area contributed by atoms with Crippen LogP contribution in [0.3, 0.4) is 0 Å². The van der Waals surface area contributed by atoms with Gasteiger partial charge in [0.25, 0.3) is 5.91 Å². The van der Waals surface area contributed by atoms with Gasteiger partial charge in [-0.1, -0.05) is 19.6 Å². The lowest BCUT2D eigenvalue weighted by molar-refractivity contribution is -0.196. The van der Waals surface area contributed by atoms with Crippen LogP contribution >= 0.6 is 11.8 Å². The Balaban J connectivity index is 2.65. The molecule has 3 atom stereocenters. The molecular formula is C12H22N2O4SSi. The van der Waals surface area contributed by atoms with Crippen LogP contribution in [0.1, 0.15) is 13.8 Å². The van der Waals surface area contributed by atoms with Crippen LogP contribution in [0.5, 0.6) is 0 Å². The molecule has 0 aliphatic carbocycles. The van der Waals surface area contributed by atoms with Crippen molar-refractivity contribution >= 4 is 31.7 Å². The average molecular weight is 318 g/mol. The van der Waals surface area contributed by atoms with Crippen molar-refractivity contribution in [1.29, 1.82) is 0 Å². The van der Waals surface area contributed by atoms with Gasteiger partial charge in [-0.05, 0) is 13.8 Å². The van der Waals surface area contributed by atoms with E-state index in [0.717, 1.165) is 0 Å². The number of aliphatic carboxylic acids is 1. The Morgan fingerprint density at radius 3 is 2.30 bits per heavy atom. The molecule has 2 aliphatic rings. The van der Waals surface area contributed by atoms with Gasteiger partial charge in [0.1, 0.15) is 10.5 Å². The fourth-order valence-corrected chi connectivity index (χ4v) is 10.0. The van der Waals surface area contributed by atoms with Crippen molar-refractivity contribution in [3.05, 3.63) is 0 Å². The highest BCUT2D eigenvalue weighted by Crippen LogP contribution is 2.62. The quantitative estimate of drug-likeness (QED) is 0.452. The smallest absolute Gasteiger partial charge is 0.327 e. The summed E-state index contributed by atoms with van der Waals surface area (Å²) < 4.78 is 4.55. The number of rotatable bonds is 3. The summed E-state index contributed by atoms with van der Waals surface area (Å²) in [6, 6.07) is 0. The molecule has 3 N–H and O–H groups in total. The van der Waals surface area contributed by atoms with Gasteiger partial charge >= 0.3 is 5.97 Å². The molecule has 8 heteroatoms. The predicted octanol–water partition coefficient (Wildman–Crippen LogP) is 0.682. The molecule has 0 aromatic carbocycles. The molecule has 6 nitrogen and oxygen atoms in total. The number of hydrogen-bond acceptors (Lipinski definition) is 5. The van der Waals surface area contributed by atoms with E-state index in [9.17, 15) is 14.7 Å². The van der Waals surface area contributed by atoms with E-state index in [1.807, 2.05) is 33.5 Å². The number of β-lactam (4-membered cyclic amide) rings is 1. The van der Waals surface area contributed by atoms with E-state index >= 15 is 0 Å². The zero-order valence-corrected chi connectivity index (χ0v) is 14.5. The van der Waals surface area contributed by atoms with Crippen molar-refractivity contribution in [3.8, 4) is 0 Å². The van der Waals surface area contributed by atoms with Gasteiger partial charge in [-0.2, -0.15) is 0 Å². The second-order valence-corrected chi connectivity index (χ2v) is 13.8. The number of nitrogens with two attached hydrogens (primary N) is 1. The first-order valence-corrected chi connectivity index (χ1v) is 10.8. The van der Waals surface area contributed by atoms with E-state index in [1.54, 1.807) is 0 Å². The summed E-state index contributed by atoms with van der Waals surface area (Å²) in [7, 11) is -0.883. The van der Waals surface area contributed by atoms with Crippen LogP contribution in [-0.2, 0) is 14.3 Å². The molecule has 2 aliphatic heterocycles. The van der Waals surface area contributed by atoms with E-state index in [0.29, 0.717) is 0 Å². The Morgan fingerprint density at radius 2 is 1.95 bits per heavy atom. The lowest BCUT2D eigenvalue weighted by atomic mass is 9.93. The minimum absolute atomic E-state index is 0.423. The number of carboxylic acid groups (broad SMARTS) is 1. The number of fused-ring (bicyclic) bond motifs is 1. The van der Waals surface area contributed by atoms with E-state index in [-0.39, 0.29) is 0 Å². The van der Waals surface area contributed by atoms with Crippen molar-refractivity contribution in [1.82, 2.24) is 4.90 Å². The summed E-state index contributed by atoms with van der Waals surface area (Å²) in [6.45, 7) is 9.69. The number of carboxylic acids is 1. The summed E-state index contributed by atoms with van der Waals surface area (Å²) in [5, 5.41) is 8.33. The maximum atomic E-state index is 12.5. The number of hydrogen-bond donors (Lipinski definition) is 2. The van der Waals surface area contributed by atoms with Crippen LogP contribution < -0.4 is 5.73 Å². The molecule has 0 unspecified atom stereocenters. The van der Waals surface area contributed by atoms with Gasteiger partial charge in [-0.25, -0.2) is 4.79 Å². The van der Waals surface area contributed by atoms with Crippen LogP contribution in [0.4, 0.5) is 0 Å². The molecule has 0 radical (unpaired) electrons. The summed E-state index contributed by atoms with van der Waals surface area (Å²) in [5.74, 6) is -1.36. The maximum Gasteiger partial charge on any atom is 0.327 e.